The van der Waals surface area contributed by atoms with Crippen LogP contribution in [0.2, 0.25) is 10.0 Å². The summed E-state index contributed by atoms with van der Waals surface area (Å²) < 4.78 is 3.05. The summed E-state index contributed by atoms with van der Waals surface area (Å²) >= 11 is 15.2. The molecule has 0 atom stereocenters. The summed E-state index contributed by atoms with van der Waals surface area (Å²) in [4.78, 5) is 17.4. The van der Waals surface area contributed by atoms with Gasteiger partial charge in [-0.25, -0.2) is 4.98 Å². The number of carbonyl (C=O) groups is 1. The zero-order valence-electron chi connectivity index (χ0n) is 19.7. The van der Waals surface area contributed by atoms with E-state index in [0.717, 1.165) is 32.0 Å². The second-order valence-corrected chi connectivity index (χ2v) is 11.0. The minimum Gasteiger partial charge on any atom is -0.325 e. The standard InChI is InChI=1S/C27H21Cl2N5OS2/c1-3-12-34-25(18-7-10-20(28)21(29)14-18)32-33-27(34)36-15-24(35)30-19-8-5-17(6-9-19)26-31-22-11-4-16(2)13-23(22)37-26/h3-11,13-14H,1,12,15H2,2H3,(H,30,35). The average molecular weight is 567 g/mol. The van der Waals surface area contributed by atoms with Crippen LogP contribution in [0.5, 0.6) is 0 Å². The quantitative estimate of drug-likeness (QED) is 0.154. The van der Waals surface area contributed by atoms with Crippen molar-refractivity contribution in [1.29, 1.82) is 0 Å². The molecule has 2 heterocycles. The van der Waals surface area contributed by atoms with Crippen molar-refractivity contribution in [2.24, 2.45) is 0 Å². The van der Waals surface area contributed by atoms with Crippen LogP contribution in [0.1, 0.15) is 5.56 Å². The first-order chi connectivity index (χ1) is 17.9. The number of thioether (sulfide) groups is 1. The average Bonchev–Trinajstić information content (AvgIpc) is 3.49. The maximum Gasteiger partial charge on any atom is 0.234 e. The molecule has 6 nitrogen and oxygen atoms in total. The van der Waals surface area contributed by atoms with Gasteiger partial charge in [-0.2, -0.15) is 0 Å². The van der Waals surface area contributed by atoms with Gasteiger partial charge in [0, 0.05) is 23.4 Å². The third-order valence-electron chi connectivity index (χ3n) is 5.50. The third kappa shape index (κ3) is 5.72. The highest BCUT2D eigenvalue weighted by Gasteiger charge is 2.16. The number of nitrogens with zero attached hydrogens (tertiary/aromatic N) is 4. The number of allylic oxidation sites excluding steroid dienone is 1. The first kappa shape index (κ1) is 25.5. The molecule has 0 saturated carbocycles. The van der Waals surface area contributed by atoms with Crippen LogP contribution in [0.25, 0.3) is 32.2 Å². The van der Waals surface area contributed by atoms with Crippen molar-refractivity contribution in [1.82, 2.24) is 19.7 Å². The van der Waals surface area contributed by atoms with Crippen molar-refractivity contribution in [3.05, 3.63) is 88.9 Å². The van der Waals surface area contributed by atoms with Crippen LogP contribution in [0, 0.1) is 6.92 Å². The second-order valence-electron chi connectivity index (χ2n) is 8.24. The van der Waals surface area contributed by atoms with Gasteiger partial charge in [-0.15, -0.1) is 28.1 Å². The topological polar surface area (TPSA) is 72.7 Å². The van der Waals surface area contributed by atoms with Gasteiger partial charge < -0.3 is 5.32 Å². The predicted molar refractivity (Wildman–Crippen MR) is 155 cm³/mol. The number of hydrogen-bond acceptors (Lipinski definition) is 6. The largest absolute Gasteiger partial charge is 0.325 e. The minimum absolute atomic E-state index is 0.141. The van der Waals surface area contributed by atoms with E-state index in [1.807, 2.05) is 41.0 Å². The zero-order valence-corrected chi connectivity index (χ0v) is 22.9. The van der Waals surface area contributed by atoms with E-state index in [4.69, 9.17) is 28.2 Å². The van der Waals surface area contributed by atoms with Gasteiger partial charge in [0.1, 0.15) is 5.01 Å². The molecule has 0 fully saturated rings. The number of rotatable bonds is 8. The zero-order chi connectivity index (χ0) is 25.9. The molecule has 1 N–H and O–H groups in total. The van der Waals surface area contributed by atoms with E-state index in [1.165, 1.54) is 17.3 Å². The Hall–Kier alpha value is -3.17. The van der Waals surface area contributed by atoms with Crippen molar-refractivity contribution in [3.8, 4) is 22.0 Å². The molecule has 0 radical (unpaired) electrons. The van der Waals surface area contributed by atoms with Crippen LogP contribution in [0.3, 0.4) is 0 Å². The van der Waals surface area contributed by atoms with E-state index in [2.05, 4.69) is 41.1 Å². The van der Waals surface area contributed by atoms with Gasteiger partial charge in [0.2, 0.25) is 5.91 Å². The lowest BCUT2D eigenvalue weighted by atomic mass is 10.2. The van der Waals surface area contributed by atoms with Gasteiger partial charge in [0.15, 0.2) is 11.0 Å². The predicted octanol–water partition coefficient (Wildman–Crippen LogP) is 7.75. The number of benzene rings is 3. The van der Waals surface area contributed by atoms with Crippen LogP contribution in [-0.2, 0) is 11.3 Å². The van der Waals surface area contributed by atoms with E-state index >= 15 is 0 Å². The fourth-order valence-corrected chi connectivity index (χ4v) is 5.83. The molecule has 1 amide bonds. The molecule has 2 aromatic heterocycles. The number of fused-ring (bicyclic) bond motifs is 1. The van der Waals surface area contributed by atoms with Gasteiger partial charge in [-0.05, 0) is 67.1 Å². The number of aromatic nitrogens is 4. The van der Waals surface area contributed by atoms with Crippen molar-refractivity contribution in [2.45, 2.75) is 18.6 Å². The smallest absolute Gasteiger partial charge is 0.234 e. The van der Waals surface area contributed by atoms with E-state index < -0.39 is 0 Å². The molecular weight excluding hydrogens is 545 g/mol. The molecule has 0 spiro atoms. The highest BCUT2D eigenvalue weighted by atomic mass is 35.5. The summed E-state index contributed by atoms with van der Waals surface area (Å²) in [5.74, 6) is 0.662. The Balaban J connectivity index is 1.24. The SMILES string of the molecule is C=CCn1c(SCC(=O)Nc2ccc(-c3nc4ccc(C)cc4s3)cc2)nnc1-c1ccc(Cl)c(Cl)c1. The van der Waals surface area contributed by atoms with Gasteiger partial charge >= 0.3 is 0 Å². The maximum atomic E-state index is 12.7. The Morgan fingerprint density at radius 1 is 1.05 bits per heavy atom. The molecular formula is C27H21Cl2N5OS2. The summed E-state index contributed by atoms with van der Waals surface area (Å²) in [5.41, 5.74) is 4.72. The van der Waals surface area contributed by atoms with Crippen LogP contribution in [0.4, 0.5) is 5.69 Å². The Morgan fingerprint density at radius 2 is 1.84 bits per heavy atom. The Labute approximate surface area is 232 Å². The molecule has 5 aromatic rings. The highest BCUT2D eigenvalue weighted by Crippen LogP contribution is 2.32. The van der Waals surface area contributed by atoms with Crippen molar-refractivity contribution in [2.75, 3.05) is 11.1 Å². The monoisotopic (exact) mass is 565 g/mol. The van der Waals surface area contributed by atoms with Gasteiger partial charge in [-0.3, -0.25) is 9.36 Å². The van der Waals surface area contributed by atoms with E-state index in [9.17, 15) is 4.79 Å². The fraction of sp³-hybridized carbons (Fsp3) is 0.111. The summed E-state index contributed by atoms with van der Waals surface area (Å²) in [6.07, 6.45) is 1.75. The lowest BCUT2D eigenvalue weighted by molar-refractivity contribution is -0.113. The molecule has 0 aliphatic heterocycles. The van der Waals surface area contributed by atoms with Crippen LogP contribution in [0.15, 0.2) is 78.5 Å². The Bertz CT molecular complexity index is 1610. The summed E-state index contributed by atoms with van der Waals surface area (Å²) in [5, 5.41) is 14.0. The van der Waals surface area contributed by atoms with Gasteiger partial charge in [0.25, 0.3) is 0 Å². The van der Waals surface area contributed by atoms with Crippen LogP contribution in [-0.4, -0.2) is 31.4 Å². The minimum atomic E-state index is -0.141. The summed E-state index contributed by atoms with van der Waals surface area (Å²) in [6.45, 7) is 6.38. The number of thiazole rings is 1. The van der Waals surface area contributed by atoms with Gasteiger partial charge in [0.05, 0.1) is 26.0 Å². The number of hydrogen-bond donors (Lipinski definition) is 1. The van der Waals surface area contributed by atoms with E-state index in [0.29, 0.717) is 27.6 Å². The first-order valence-corrected chi connectivity index (χ1v) is 13.9. The molecule has 0 unspecified atom stereocenters. The maximum absolute atomic E-state index is 12.7. The molecule has 10 heteroatoms. The highest BCUT2D eigenvalue weighted by molar-refractivity contribution is 7.99. The molecule has 3 aromatic carbocycles. The summed E-state index contributed by atoms with van der Waals surface area (Å²) in [6, 6.07) is 19.3. The number of halogens is 2. The number of amides is 1. The van der Waals surface area contributed by atoms with E-state index in [-0.39, 0.29) is 11.7 Å². The van der Waals surface area contributed by atoms with Crippen LogP contribution >= 0.6 is 46.3 Å². The van der Waals surface area contributed by atoms with Crippen molar-refractivity contribution < 1.29 is 4.79 Å². The number of nitrogens with one attached hydrogen (secondary N) is 1. The molecule has 5 rings (SSSR count). The number of carbonyl (C=O) groups excluding carboxylic acids is 1. The number of anilines is 1. The van der Waals surface area contributed by atoms with Crippen LogP contribution < -0.4 is 5.32 Å². The molecule has 37 heavy (non-hydrogen) atoms. The molecule has 0 aliphatic rings. The van der Waals surface area contributed by atoms with E-state index in [1.54, 1.807) is 29.5 Å². The fourth-order valence-electron chi connectivity index (χ4n) is 3.72. The van der Waals surface area contributed by atoms with Crippen molar-refractivity contribution >= 4 is 68.1 Å². The summed E-state index contributed by atoms with van der Waals surface area (Å²) in [7, 11) is 0. The Kier molecular flexibility index (Phi) is 7.62. The lowest BCUT2D eigenvalue weighted by Crippen LogP contribution is -2.14. The lowest BCUT2D eigenvalue weighted by Gasteiger charge is -2.09. The van der Waals surface area contributed by atoms with Crippen molar-refractivity contribution in [3.63, 3.8) is 0 Å². The second kappa shape index (κ2) is 11.1. The molecule has 0 bridgehead atoms. The molecule has 0 aliphatic carbocycles. The normalized spacial score (nSPS) is 11.1. The molecule has 186 valence electrons. The number of aryl methyl sites for hydroxylation is 1. The molecule has 0 saturated heterocycles. The Morgan fingerprint density at radius 3 is 2.59 bits per heavy atom. The van der Waals surface area contributed by atoms with Gasteiger partial charge in [-0.1, -0.05) is 47.1 Å². The first-order valence-electron chi connectivity index (χ1n) is 11.3. The third-order valence-corrected chi connectivity index (χ3v) is 8.27.